The van der Waals surface area contributed by atoms with Gasteiger partial charge >= 0.3 is 0 Å². The number of carbonyl (C=O) groups excluding carboxylic acids is 1. The monoisotopic (exact) mass is 387 g/mol. The highest BCUT2D eigenvalue weighted by molar-refractivity contribution is 5.86. The van der Waals surface area contributed by atoms with E-state index in [-0.39, 0.29) is 18.4 Å². The number of nitrogen functional groups attached to an aromatic ring is 1. The van der Waals surface area contributed by atoms with Gasteiger partial charge in [0.1, 0.15) is 11.3 Å². The Hall–Kier alpha value is -3.46. The molecule has 0 bridgehead atoms. The number of amides is 1. The first-order valence-electron chi connectivity index (χ1n) is 9.65. The lowest BCUT2D eigenvalue weighted by atomic mass is 10.1. The molecule has 6 heteroatoms. The van der Waals surface area contributed by atoms with Gasteiger partial charge in [-0.05, 0) is 44.5 Å². The minimum atomic E-state index is 0.0324. The molecular formula is C23H25N5O. The summed E-state index contributed by atoms with van der Waals surface area (Å²) < 4.78 is 0. The van der Waals surface area contributed by atoms with Gasteiger partial charge in [0.05, 0.1) is 17.6 Å². The molecule has 0 fully saturated rings. The summed E-state index contributed by atoms with van der Waals surface area (Å²) in [4.78, 5) is 27.1. The zero-order valence-electron chi connectivity index (χ0n) is 17.2. The lowest BCUT2D eigenvalue weighted by Gasteiger charge is -2.22. The average Bonchev–Trinajstić information content (AvgIpc) is 2.72. The van der Waals surface area contributed by atoms with Gasteiger partial charge in [-0.2, -0.15) is 0 Å². The molecule has 0 saturated carbocycles. The van der Waals surface area contributed by atoms with E-state index in [1.165, 1.54) is 0 Å². The maximum absolute atomic E-state index is 12.2. The summed E-state index contributed by atoms with van der Waals surface area (Å²) in [5, 5.41) is 0. The lowest BCUT2D eigenvalue weighted by Crippen LogP contribution is -2.34. The summed E-state index contributed by atoms with van der Waals surface area (Å²) in [5.74, 6) is 7.08. The molecule has 0 radical (unpaired) electrons. The Bertz CT molecular complexity index is 1110. The maximum atomic E-state index is 12.2. The number of hydrogen-bond acceptors (Lipinski definition) is 5. The molecule has 0 unspecified atom stereocenters. The van der Waals surface area contributed by atoms with Crippen molar-refractivity contribution in [3.63, 3.8) is 0 Å². The number of rotatable bonds is 4. The number of anilines is 1. The fourth-order valence-electron chi connectivity index (χ4n) is 2.94. The molecule has 3 aromatic rings. The van der Waals surface area contributed by atoms with Crippen LogP contribution in [0.1, 0.15) is 38.1 Å². The van der Waals surface area contributed by atoms with Gasteiger partial charge < -0.3 is 10.6 Å². The van der Waals surface area contributed by atoms with Crippen molar-refractivity contribution in [1.29, 1.82) is 0 Å². The molecule has 2 N–H and O–H groups in total. The highest BCUT2D eigenvalue weighted by atomic mass is 16.2. The van der Waals surface area contributed by atoms with Crippen molar-refractivity contribution >= 4 is 22.8 Å². The van der Waals surface area contributed by atoms with Gasteiger partial charge in [-0.1, -0.05) is 30.9 Å². The maximum Gasteiger partial charge on any atom is 0.234 e. The number of pyridine rings is 1. The number of carbonyl (C=O) groups is 1. The van der Waals surface area contributed by atoms with E-state index in [4.69, 9.17) is 5.73 Å². The predicted molar refractivity (Wildman–Crippen MR) is 116 cm³/mol. The Labute approximate surface area is 171 Å². The second-order valence-corrected chi connectivity index (χ2v) is 7.04. The van der Waals surface area contributed by atoms with Crippen molar-refractivity contribution in [2.75, 3.05) is 12.8 Å². The van der Waals surface area contributed by atoms with Gasteiger partial charge in [0.2, 0.25) is 5.91 Å². The Balaban J connectivity index is 1.82. The highest BCUT2D eigenvalue weighted by Crippen LogP contribution is 2.23. The summed E-state index contributed by atoms with van der Waals surface area (Å²) in [5.41, 5.74) is 9.84. The predicted octanol–water partition coefficient (Wildman–Crippen LogP) is 3.58. The Morgan fingerprint density at radius 1 is 1.21 bits per heavy atom. The molecular weight excluding hydrogens is 362 g/mol. The van der Waals surface area contributed by atoms with Crippen molar-refractivity contribution < 1.29 is 4.79 Å². The fourth-order valence-corrected chi connectivity index (χ4v) is 2.94. The normalized spacial score (nSPS) is 11.6. The Morgan fingerprint density at radius 2 is 2.00 bits per heavy atom. The molecule has 6 nitrogen and oxygen atoms in total. The van der Waals surface area contributed by atoms with E-state index in [0.29, 0.717) is 17.2 Å². The van der Waals surface area contributed by atoms with E-state index in [1.54, 1.807) is 11.8 Å². The molecule has 148 valence electrons. The first-order valence-corrected chi connectivity index (χ1v) is 9.65. The van der Waals surface area contributed by atoms with Crippen LogP contribution in [0.3, 0.4) is 0 Å². The SMILES string of the molecule is CC[C@@H](C)N(C)C(=O)CC#Cc1cccc(-c2ccc3nc(C)nc(N)c3n2)c1. The number of benzene rings is 1. The number of hydrogen-bond donors (Lipinski definition) is 1. The van der Waals surface area contributed by atoms with Crippen molar-refractivity contribution in [2.45, 2.75) is 39.7 Å². The standard InChI is InChI=1S/C23H25N5O/c1-5-15(2)28(4)21(29)11-7-9-17-8-6-10-18(14-17)19-12-13-20-22(27-19)23(24)26-16(3)25-20/h6,8,10,12-15H,5,11H2,1-4H3,(H2,24,25,26)/t15-/m1/s1. The zero-order valence-corrected chi connectivity index (χ0v) is 17.2. The number of aryl methyl sites for hydroxylation is 1. The van der Waals surface area contributed by atoms with Crippen LogP contribution in [0.2, 0.25) is 0 Å². The van der Waals surface area contributed by atoms with Crippen molar-refractivity contribution in [3.8, 4) is 23.1 Å². The van der Waals surface area contributed by atoms with Gasteiger partial charge in [-0.15, -0.1) is 0 Å². The molecule has 29 heavy (non-hydrogen) atoms. The van der Waals surface area contributed by atoms with Crippen LogP contribution in [-0.2, 0) is 4.79 Å². The van der Waals surface area contributed by atoms with Crippen molar-refractivity contribution in [2.24, 2.45) is 0 Å². The van der Waals surface area contributed by atoms with Crippen LogP contribution in [0, 0.1) is 18.8 Å². The second kappa shape index (κ2) is 8.70. The zero-order chi connectivity index (χ0) is 21.0. The van der Waals surface area contributed by atoms with Crippen molar-refractivity contribution in [3.05, 3.63) is 47.8 Å². The first-order chi connectivity index (χ1) is 13.9. The van der Waals surface area contributed by atoms with E-state index < -0.39 is 0 Å². The average molecular weight is 387 g/mol. The third-order valence-corrected chi connectivity index (χ3v) is 4.96. The summed E-state index contributed by atoms with van der Waals surface area (Å²) in [6.45, 7) is 5.90. The molecule has 0 saturated heterocycles. The van der Waals surface area contributed by atoms with Crippen LogP contribution < -0.4 is 5.73 Å². The molecule has 3 rings (SSSR count). The third-order valence-electron chi connectivity index (χ3n) is 4.96. The molecule has 0 aliphatic rings. The van der Waals surface area contributed by atoms with Gasteiger partial charge in [0.15, 0.2) is 5.82 Å². The quantitative estimate of drug-likeness (QED) is 0.692. The lowest BCUT2D eigenvalue weighted by molar-refractivity contribution is -0.130. The Morgan fingerprint density at radius 3 is 2.76 bits per heavy atom. The number of nitrogens with two attached hydrogens (primary N) is 1. The summed E-state index contributed by atoms with van der Waals surface area (Å²) in [7, 11) is 1.82. The number of nitrogens with zero attached hydrogens (tertiary/aromatic N) is 4. The minimum absolute atomic E-state index is 0.0324. The van der Waals surface area contributed by atoms with Crippen LogP contribution in [0.5, 0.6) is 0 Å². The molecule has 0 spiro atoms. The topological polar surface area (TPSA) is 85.0 Å². The summed E-state index contributed by atoms with van der Waals surface area (Å²) in [6.07, 6.45) is 1.12. The van der Waals surface area contributed by atoms with Crippen LogP contribution >= 0.6 is 0 Å². The molecule has 1 atom stereocenters. The molecule has 1 amide bonds. The fraction of sp³-hybridized carbons (Fsp3) is 0.304. The summed E-state index contributed by atoms with van der Waals surface area (Å²) in [6, 6.07) is 11.8. The number of fused-ring (bicyclic) bond motifs is 1. The Kier molecular flexibility index (Phi) is 6.08. The minimum Gasteiger partial charge on any atom is -0.382 e. The van der Waals surface area contributed by atoms with E-state index >= 15 is 0 Å². The van der Waals surface area contributed by atoms with Crippen LogP contribution in [0.4, 0.5) is 5.82 Å². The molecule has 2 aromatic heterocycles. The van der Waals surface area contributed by atoms with Crippen LogP contribution in [0.25, 0.3) is 22.3 Å². The number of aromatic nitrogens is 3. The largest absolute Gasteiger partial charge is 0.382 e. The van der Waals surface area contributed by atoms with E-state index in [2.05, 4.69) is 33.7 Å². The summed E-state index contributed by atoms with van der Waals surface area (Å²) >= 11 is 0. The van der Waals surface area contributed by atoms with E-state index in [0.717, 1.165) is 28.8 Å². The smallest absolute Gasteiger partial charge is 0.234 e. The molecule has 2 heterocycles. The van der Waals surface area contributed by atoms with E-state index in [9.17, 15) is 4.79 Å². The van der Waals surface area contributed by atoms with Gasteiger partial charge in [-0.25, -0.2) is 15.0 Å². The van der Waals surface area contributed by atoms with Crippen LogP contribution in [0.15, 0.2) is 36.4 Å². The van der Waals surface area contributed by atoms with E-state index in [1.807, 2.05) is 50.4 Å². The van der Waals surface area contributed by atoms with Crippen LogP contribution in [-0.4, -0.2) is 38.8 Å². The van der Waals surface area contributed by atoms with Gasteiger partial charge in [0.25, 0.3) is 0 Å². The second-order valence-electron chi connectivity index (χ2n) is 7.04. The third kappa shape index (κ3) is 4.69. The molecule has 0 aliphatic carbocycles. The van der Waals surface area contributed by atoms with Gasteiger partial charge in [0, 0.05) is 24.2 Å². The van der Waals surface area contributed by atoms with Crippen molar-refractivity contribution in [1.82, 2.24) is 19.9 Å². The molecule has 1 aromatic carbocycles. The first kappa shape index (κ1) is 20.3. The highest BCUT2D eigenvalue weighted by Gasteiger charge is 2.12. The molecule has 0 aliphatic heterocycles. The van der Waals surface area contributed by atoms with Gasteiger partial charge in [-0.3, -0.25) is 4.79 Å².